The van der Waals surface area contributed by atoms with Gasteiger partial charge in [0.1, 0.15) is 17.1 Å². The minimum Gasteiger partial charge on any atom is -0.494 e. The fourth-order valence-electron chi connectivity index (χ4n) is 3.36. The lowest BCUT2D eigenvalue weighted by Crippen LogP contribution is -2.23. The van der Waals surface area contributed by atoms with Crippen molar-refractivity contribution in [2.45, 2.75) is 20.4 Å². The van der Waals surface area contributed by atoms with Crippen LogP contribution >= 0.6 is 11.6 Å². The molecular formula is C23H21ClN4O2. The topological polar surface area (TPSA) is 69.0 Å². The number of nitrogens with zero attached hydrogens (tertiary/aromatic N) is 3. The van der Waals surface area contributed by atoms with Gasteiger partial charge in [-0.15, -0.1) is 0 Å². The second-order valence-corrected chi connectivity index (χ2v) is 7.14. The van der Waals surface area contributed by atoms with Gasteiger partial charge in [-0.25, -0.2) is 9.97 Å². The van der Waals surface area contributed by atoms with E-state index in [2.05, 4.69) is 15.3 Å². The highest BCUT2D eigenvalue weighted by atomic mass is 35.5. The second kappa shape index (κ2) is 8.55. The van der Waals surface area contributed by atoms with Gasteiger partial charge in [0.15, 0.2) is 5.65 Å². The number of carbonyl (C=O) groups excluding carboxylic acids is 1. The summed E-state index contributed by atoms with van der Waals surface area (Å²) in [4.78, 5) is 21.8. The number of amides is 1. The highest BCUT2D eigenvalue weighted by Crippen LogP contribution is 2.27. The lowest BCUT2D eigenvalue weighted by molar-refractivity contribution is 0.0950. The summed E-state index contributed by atoms with van der Waals surface area (Å²) in [5, 5.41) is 3.47. The average Bonchev–Trinajstić information content (AvgIpc) is 3.09. The maximum atomic E-state index is 12.8. The normalized spacial score (nSPS) is 10.9. The number of fused-ring (bicyclic) bond motifs is 1. The fourth-order valence-corrected chi connectivity index (χ4v) is 3.57. The zero-order chi connectivity index (χ0) is 21.1. The quantitative estimate of drug-likeness (QED) is 0.490. The number of carbonyl (C=O) groups is 1. The number of para-hydroxylation sites is 1. The fraction of sp³-hybridized carbons (Fsp3) is 0.174. The molecule has 0 aliphatic carbocycles. The molecule has 0 unspecified atom stereocenters. The van der Waals surface area contributed by atoms with Gasteiger partial charge in [-0.05, 0) is 50.2 Å². The van der Waals surface area contributed by atoms with Crippen LogP contribution < -0.4 is 10.1 Å². The number of halogens is 1. The predicted molar refractivity (Wildman–Crippen MR) is 117 cm³/mol. The molecule has 0 saturated carbocycles. The van der Waals surface area contributed by atoms with Gasteiger partial charge in [0.25, 0.3) is 5.91 Å². The predicted octanol–water partition coefficient (Wildman–Crippen LogP) is 4.71. The Balaban J connectivity index is 1.62. The first kappa shape index (κ1) is 19.9. The standard InChI is InChI=1S/C23H21ClN4O2/c1-3-30-21-9-5-4-7-17(21)14-26-23(29)16-10-11-18(24)20(13-16)28-15(2)27-19-8-6-12-25-22(19)28/h4-13H,3,14H2,1-2H3,(H,26,29). The molecule has 2 heterocycles. The molecule has 0 fully saturated rings. The summed E-state index contributed by atoms with van der Waals surface area (Å²) in [6.07, 6.45) is 1.71. The van der Waals surface area contributed by atoms with Crippen LogP contribution in [0.25, 0.3) is 16.9 Å². The first-order valence-electron chi connectivity index (χ1n) is 9.67. The molecule has 1 amide bonds. The molecular weight excluding hydrogens is 400 g/mol. The van der Waals surface area contributed by atoms with Crippen LogP contribution in [0, 0.1) is 6.92 Å². The average molecular weight is 421 g/mol. The van der Waals surface area contributed by atoms with Crippen LogP contribution in [0.15, 0.2) is 60.8 Å². The summed E-state index contributed by atoms with van der Waals surface area (Å²) in [5.74, 6) is 1.31. The maximum absolute atomic E-state index is 12.8. The van der Waals surface area contributed by atoms with Crippen molar-refractivity contribution in [1.82, 2.24) is 19.9 Å². The van der Waals surface area contributed by atoms with Crippen molar-refractivity contribution >= 4 is 28.7 Å². The molecule has 152 valence electrons. The summed E-state index contributed by atoms with van der Waals surface area (Å²) in [6.45, 7) is 4.75. The molecule has 1 N–H and O–H groups in total. The Hall–Kier alpha value is -3.38. The molecule has 0 saturated heterocycles. The number of hydrogen-bond donors (Lipinski definition) is 1. The van der Waals surface area contributed by atoms with E-state index < -0.39 is 0 Å². The van der Waals surface area contributed by atoms with Crippen LogP contribution in [0.5, 0.6) is 5.75 Å². The van der Waals surface area contributed by atoms with E-state index in [9.17, 15) is 4.79 Å². The number of pyridine rings is 1. The molecule has 0 aliphatic heterocycles. The number of nitrogens with one attached hydrogen (secondary N) is 1. The first-order chi connectivity index (χ1) is 14.6. The van der Waals surface area contributed by atoms with Gasteiger partial charge in [0.05, 0.1) is 17.3 Å². The smallest absolute Gasteiger partial charge is 0.251 e. The molecule has 0 aliphatic rings. The molecule has 0 spiro atoms. The van der Waals surface area contributed by atoms with Gasteiger partial charge >= 0.3 is 0 Å². The second-order valence-electron chi connectivity index (χ2n) is 6.73. The van der Waals surface area contributed by atoms with Crippen molar-refractivity contribution in [3.05, 3.63) is 82.8 Å². The van der Waals surface area contributed by atoms with Gasteiger partial charge < -0.3 is 10.1 Å². The van der Waals surface area contributed by atoms with Crippen molar-refractivity contribution in [2.75, 3.05) is 6.61 Å². The van der Waals surface area contributed by atoms with Gasteiger partial charge in [-0.2, -0.15) is 0 Å². The molecule has 2 aromatic carbocycles. The summed E-state index contributed by atoms with van der Waals surface area (Å²) in [6, 6.07) is 16.6. The van der Waals surface area contributed by atoms with Crippen LogP contribution in [0.3, 0.4) is 0 Å². The van der Waals surface area contributed by atoms with Crippen molar-refractivity contribution in [2.24, 2.45) is 0 Å². The van der Waals surface area contributed by atoms with E-state index in [-0.39, 0.29) is 5.91 Å². The van der Waals surface area contributed by atoms with Gasteiger partial charge in [0.2, 0.25) is 0 Å². The lowest BCUT2D eigenvalue weighted by atomic mass is 10.1. The van der Waals surface area contributed by atoms with Crippen LogP contribution in [0.2, 0.25) is 5.02 Å². The Labute approximate surface area is 179 Å². The third-order valence-corrected chi connectivity index (χ3v) is 5.06. The zero-order valence-electron chi connectivity index (χ0n) is 16.7. The number of ether oxygens (including phenoxy) is 1. The zero-order valence-corrected chi connectivity index (χ0v) is 17.5. The van der Waals surface area contributed by atoms with Gasteiger partial charge in [-0.3, -0.25) is 9.36 Å². The van der Waals surface area contributed by atoms with E-state index in [1.54, 1.807) is 24.4 Å². The van der Waals surface area contributed by atoms with Crippen LogP contribution in [0.1, 0.15) is 28.7 Å². The molecule has 0 bridgehead atoms. The molecule has 0 atom stereocenters. The Morgan fingerprint density at radius 3 is 2.83 bits per heavy atom. The molecule has 6 nitrogen and oxygen atoms in total. The number of aryl methyl sites for hydroxylation is 1. The Morgan fingerprint density at radius 1 is 1.17 bits per heavy atom. The van der Waals surface area contributed by atoms with Gasteiger partial charge in [0, 0.05) is 23.9 Å². The number of rotatable bonds is 6. The van der Waals surface area contributed by atoms with Crippen molar-refractivity contribution in [1.29, 1.82) is 0 Å². The van der Waals surface area contributed by atoms with Crippen LogP contribution in [-0.2, 0) is 6.54 Å². The van der Waals surface area contributed by atoms with E-state index in [0.29, 0.717) is 35.1 Å². The highest BCUT2D eigenvalue weighted by Gasteiger charge is 2.16. The van der Waals surface area contributed by atoms with E-state index in [0.717, 1.165) is 22.7 Å². The monoisotopic (exact) mass is 420 g/mol. The number of benzene rings is 2. The maximum Gasteiger partial charge on any atom is 0.251 e. The molecule has 30 heavy (non-hydrogen) atoms. The molecule has 2 aromatic heterocycles. The summed E-state index contributed by atoms with van der Waals surface area (Å²) in [5.41, 5.74) is 3.55. The minimum atomic E-state index is -0.200. The number of imidazole rings is 1. The van der Waals surface area contributed by atoms with E-state index >= 15 is 0 Å². The third-order valence-electron chi connectivity index (χ3n) is 4.74. The number of aromatic nitrogens is 3. The lowest BCUT2D eigenvalue weighted by Gasteiger charge is -2.13. The summed E-state index contributed by atoms with van der Waals surface area (Å²) >= 11 is 6.47. The van der Waals surface area contributed by atoms with Gasteiger partial charge in [-0.1, -0.05) is 29.8 Å². The first-order valence-corrected chi connectivity index (χ1v) is 10.0. The third kappa shape index (κ3) is 3.86. The van der Waals surface area contributed by atoms with Crippen molar-refractivity contribution < 1.29 is 9.53 Å². The summed E-state index contributed by atoms with van der Waals surface area (Å²) in [7, 11) is 0. The minimum absolute atomic E-state index is 0.200. The van der Waals surface area contributed by atoms with Crippen LogP contribution in [0.4, 0.5) is 0 Å². The molecule has 4 rings (SSSR count). The Kier molecular flexibility index (Phi) is 5.68. The highest BCUT2D eigenvalue weighted by molar-refractivity contribution is 6.32. The van der Waals surface area contributed by atoms with Crippen molar-refractivity contribution in [3.8, 4) is 11.4 Å². The summed E-state index contributed by atoms with van der Waals surface area (Å²) < 4.78 is 7.49. The van der Waals surface area contributed by atoms with Crippen molar-refractivity contribution in [3.63, 3.8) is 0 Å². The largest absolute Gasteiger partial charge is 0.494 e. The molecule has 4 aromatic rings. The van der Waals surface area contributed by atoms with E-state index in [4.69, 9.17) is 16.3 Å². The number of hydrogen-bond acceptors (Lipinski definition) is 4. The molecule has 0 radical (unpaired) electrons. The molecule has 7 heteroatoms. The van der Waals surface area contributed by atoms with Crippen LogP contribution in [-0.4, -0.2) is 27.0 Å². The van der Waals surface area contributed by atoms with E-state index in [1.165, 1.54) is 0 Å². The Morgan fingerprint density at radius 2 is 2.00 bits per heavy atom. The SMILES string of the molecule is CCOc1ccccc1CNC(=O)c1ccc(Cl)c(-n2c(C)nc3cccnc32)c1. The van der Waals surface area contributed by atoms with E-state index in [1.807, 2.05) is 54.8 Å². The Bertz CT molecular complexity index is 1220.